The van der Waals surface area contributed by atoms with Crippen LogP contribution in [0.1, 0.15) is 19.8 Å². The van der Waals surface area contributed by atoms with Crippen molar-refractivity contribution in [3.05, 3.63) is 26.9 Å². The standard InChI is InChI=1S/C12H17N5O2/c1-4-5-6-13-9-7-8-10(15-14-9)16(2)12(19)17(3)11(8)18/h7H,4-6H2,1-3H3,(H,13,14). The van der Waals surface area contributed by atoms with Crippen molar-refractivity contribution in [1.29, 1.82) is 0 Å². The van der Waals surface area contributed by atoms with Crippen molar-refractivity contribution in [3.63, 3.8) is 0 Å². The zero-order valence-electron chi connectivity index (χ0n) is 11.3. The van der Waals surface area contributed by atoms with Gasteiger partial charge in [-0.25, -0.2) is 4.79 Å². The van der Waals surface area contributed by atoms with Crippen molar-refractivity contribution in [2.75, 3.05) is 11.9 Å². The first-order chi connectivity index (χ1) is 9.06. The number of hydrogen-bond donors (Lipinski definition) is 1. The van der Waals surface area contributed by atoms with E-state index in [4.69, 9.17) is 0 Å². The second-order valence-corrected chi connectivity index (χ2v) is 4.45. The fourth-order valence-corrected chi connectivity index (χ4v) is 1.85. The first-order valence-corrected chi connectivity index (χ1v) is 6.23. The molecule has 7 nitrogen and oxygen atoms in total. The van der Waals surface area contributed by atoms with E-state index in [1.54, 1.807) is 13.1 Å². The van der Waals surface area contributed by atoms with Crippen molar-refractivity contribution < 1.29 is 0 Å². The number of anilines is 1. The molecule has 0 atom stereocenters. The molecular weight excluding hydrogens is 246 g/mol. The lowest BCUT2D eigenvalue weighted by Crippen LogP contribution is -2.37. The third-order valence-corrected chi connectivity index (χ3v) is 3.04. The maximum atomic E-state index is 12.0. The van der Waals surface area contributed by atoms with E-state index in [0.717, 1.165) is 24.0 Å². The predicted molar refractivity (Wildman–Crippen MR) is 73.4 cm³/mol. The van der Waals surface area contributed by atoms with E-state index < -0.39 is 5.69 Å². The molecule has 2 rings (SSSR count). The molecule has 0 saturated heterocycles. The van der Waals surface area contributed by atoms with Crippen molar-refractivity contribution in [2.45, 2.75) is 19.8 Å². The summed E-state index contributed by atoms with van der Waals surface area (Å²) in [6.45, 7) is 2.88. The molecule has 1 N–H and O–H groups in total. The Balaban J connectivity index is 2.54. The van der Waals surface area contributed by atoms with Crippen LogP contribution in [0.15, 0.2) is 15.7 Å². The normalized spacial score (nSPS) is 10.9. The molecule has 0 aliphatic rings. The molecule has 2 heterocycles. The van der Waals surface area contributed by atoms with Crippen LogP contribution < -0.4 is 16.6 Å². The summed E-state index contributed by atoms with van der Waals surface area (Å²) in [7, 11) is 3.03. The highest BCUT2D eigenvalue weighted by Gasteiger charge is 2.10. The van der Waals surface area contributed by atoms with Gasteiger partial charge in [-0.3, -0.25) is 13.9 Å². The smallest absolute Gasteiger partial charge is 0.332 e. The van der Waals surface area contributed by atoms with Gasteiger partial charge >= 0.3 is 5.69 Å². The minimum atomic E-state index is -0.404. The van der Waals surface area contributed by atoms with E-state index in [1.165, 1.54) is 11.6 Å². The fraction of sp³-hybridized carbons (Fsp3) is 0.500. The topological polar surface area (TPSA) is 81.8 Å². The molecule has 0 fully saturated rings. The Labute approximate surface area is 109 Å². The molecule has 0 aliphatic heterocycles. The van der Waals surface area contributed by atoms with E-state index >= 15 is 0 Å². The first-order valence-electron chi connectivity index (χ1n) is 6.23. The third-order valence-electron chi connectivity index (χ3n) is 3.04. The maximum Gasteiger partial charge on any atom is 0.332 e. The number of rotatable bonds is 4. The fourth-order valence-electron chi connectivity index (χ4n) is 1.85. The van der Waals surface area contributed by atoms with E-state index in [-0.39, 0.29) is 5.56 Å². The molecule has 2 aromatic rings. The molecule has 0 aromatic carbocycles. The lowest BCUT2D eigenvalue weighted by atomic mass is 10.3. The first kappa shape index (κ1) is 13.3. The summed E-state index contributed by atoms with van der Waals surface area (Å²) in [6.07, 6.45) is 2.09. The molecule has 0 radical (unpaired) electrons. The molecule has 0 bridgehead atoms. The molecule has 0 saturated carbocycles. The Morgan fingerprint density at radius 1 is 1.21 bits per heavy atom. The summed E-state index contributed by atoms with van der Waals surface area (Å²) in [4.78, 5) is 23.8. The quantitative estimate of drug-likeness (QED) is 0.799. The van der Waals surface area contributed by atoms with Gasteiger partial charge in [0, 0.05) is 20.6 Å². The minimum Gasteiger partial charge on any atom is -0.369 e. The number of nitrogens with zero attached hydrogens (tertiary/aromatic N) is 4. The van der Waals surface area contributed by atoms with Crippen molar-refractivity contribution in [1.82, 2.24) is 19.3 Å². The highest BCUT2D eigenvalue weighted by atomic mass is 16.2. The lowest BCUT2D eigenvalue weighted by Gasteiger charge is -2.08. The van der Waals surface area contributed by atoms with E-state index in [2.05, 4.69) is 22.4 Å². The third kappa shape index (κ3) is 2.35. The van der Waals surface area contributed by atoms with Gasteiger partial charge in [-0.2, -0.15) is 0 Å². The Morgan fingerprint density at radius 2 is 1.95 bits per heavy atom. The number of unbranched alkanes of at least 4 members (excludes halogenated alkanes) is 1. The van der Waals surface area contributed by atoms with E-state index in [1.807, 2.05) is 0 Å². The molecule has 2 aromatic heterocycles. The summed E-state index contributed by atoms with van der Waals surface area (Å²) in [5, 5.41) is 11.4. The molecule has 0 amide bonds. The van der Waals surface area contributed by atoms with Crippen molar-refractivity contribution in [3.8, 4) is 0 Å². The van der Waals surface area contributed by atoms with Crippen LogP contribution in [0.4, 0.5) is 5.82 Å². The zero-order chi connectivity index (χ0) is 14.0. The molecule has 0 unspecified atom stereocenters. The Morgan fingerprint density at radius 3 is 2.63 bits per heavy atom. The minimum absolute atomic E-state index is 0.300. The molecule has 19 heavy (non-hydrogen) atoms. The van der Waals surface area contributed by atoms with Crippen LogP contribution in [0.2, 0.25) is 0 Å². The Hall–Kier alpha value is -2.18. The summed E-state index contributed by atoms with van der Waals surface area (Å²) in [5.74, 6) is 0.552. The second kappa shape index (κ2) is 5.21. The van der Waals surface area contributed by atoms with Gasteiger partial charge in [-0.15, -0.1) is 10.2 Å². The van der Waals surface area contributed by atoms with Crippen LogP contribution in [0.25, 0.3) is 11.0 Å². The van der Waals surface area contributed by atoms with Gasteiger partial charge < -0.3 is 5.32 Å². The van der Waals surface area contributed by atoms with Crippen LogP contribution >= 0.6 is 0 Å². The zero-order valence-corrected chi connectivity index (χ0v) is 11.3. The van der Waals surface area contributed by atoms with Gasteiger partial charge in [0.25, 0.3) is 5.56 Å². The van der Waals surface area contributed by atoms with Crippen molar-refractivity contribution >= 4 is 16.9 Å². The highest BCUT2D eigenvalue weighted by Crippen LogP contribution is 2.08. The summed E-state index contributed by atoms with van der Waals surface area (Å²) < 4.78 is 2.39. The average molecular weight is 263 g/mol. The molecular formula is C12H17N5O2. The number of nitrogens with one attached hydrogen (secondary N) is 1. The number of aromatic nitrogens is 4. The molecule has 0 spiro atoms. The van der Waals surface area contributed by atoms with E-state index in [0.29, 0.717) is 16.9 Å². The van der Waals surface area contributed by atoms with Crippen LogP contribution in [-0.4, -0.2) is 25.9 Å². The maximum absolute atomic E-state index is 12.0. The highest BCUT2D eigenvalue weighted by molar-refractivity contribution is 5.75. The summed E-state index contributed by atoms with van der Waals surface area (Å²) in [5.41, 5.74) is -0.459. The average Bonchev–Trinajstić information content (AvgIpc) is 2.43. The number of hydrogen-bond acceptors (Lipinski definition) is 5. The largest absolute Gasteiger partial charge is 0.369 e. The Kier molecular flexibility index (Phi) is 3.64. The van der Waals surface area contributed by atoms with Gasteiger partial charge in [0.1, 0.15) is 5.82 Å². The van der Waals surface area contributed by atoms with Crippen LogP contribution in [0.3, 0.4) is 0 Å². The van der Waals surface area contributed by atoms with Crippen LogP contribution in [0, 0.1) is 0 Å². The van der Waals surface area contributed by atoms with Gasteiger partial charge in [0.2, 0.25) is 0 Å². The van der Waals surface area contributed by atoms with Crippen LogP contribution in [0.5, 0.6) is 0 Å². The second-order valence-electron chi connectivity index (χ2n) is 4.45. The van der Waals surface area contributed by atoms with Crippen molar-refractivity contribution in [2.24, 2.45) is 14.1 Å². The van der Waals surface area contributed by atoms with Gasteiger partial charge in [-0.05, 0) is 12.5 Å². The van der Waals surface area contributed by atoms with Crippen LogP contribution in [-0.2, 0) is 14.1 Å². The summed E-state index contributed by atoms with van der Waals surface area (Å²) >= 11 is 0. The molecule has 7 heteroatoms. The lowest BCUT2D eigenvalue weighted by molar-refractivity contribution is 0.703. The van der Waals surface area contributed by atoms with Gasteiger partial charge in [-0.1, -0.05) is 13.3 Å². The monoisotopic (exact) mass is 263 g/mol. The number of aryl methyl sites for hydroxylation is 1. The van der Waals surface area contributed by atoms with Gasteiger partial charge in [0.15, 0.2) is 5.65 Å². The molecule has 0 aliphatic carbocycles. The SMILES string of the molecule is CCCCNc1cc2c(=O)n(C)c(=O)n(C)c2nn1. The molecule has 102 valence electrons. The van der Waals surface area contributed by atoms with E-state index in [9.17, 15) is 9.59 Å². The summed E-state index contributed by atoms with van der Waals surface area (Å²) in [6, 6.07) is 1.64. The number of fused-ring (bicyclic) bond motifs is 1. The Bertz CT molecular complexity index is 716. The van der Waals surface area contributed by atoms with Gasteiger partial charge in [0.05, 0.1) is 5.39 Å². The predicted octanol–water partition coefficient (Wildman–Crippen LogP) is 0.239.